The monoisotopic (exact) mass is 1820 g/mol. The number of benzene rings is 9. The number of rotatable bonds is 39. The second-order valence-corrected chi connectivity index (χ2v) is 31.2. The zero-order chi connectivity index (χ0) is 97.0. The molecule has 132 heavy (non-hydrogen) atoms. The van der Waals surface area contributed by atoms with Gasteiger partial charge < -0.3 is 146 Å². The number of hydrogen-bond acceptors (Lipinski definition) is 28. The van der Waals surface area contributed by atoms with Crippen LogP contribution in [0.1, 0.15) is 139 Å². The summed E-state index contributed by atoms with van der Waals surface area (Å²) in [6.45, 7) is 6.75. The lowest BCUT2D eigenvalue weighted by atomic mass is 9.98. The molecule has 0 fully saturated rings. The SMILES string of the molecule is CC(C)[C@H](NC(=O)[C@H](NC(=O)[C@@H](NC(=O)[C@H](NC(=O)[C@@H](NC(=O)[C@H](NC(=O)[C@@H](NC(=O)[C@H](NC(=O)[C@H](N)c1ccc(O)cc1)c1cc(O)cc(O)c1)C(C)C)c1cc(O)cc(O)c1)c1ccc(O)cc1)c1cc(O)cc(O)c1)c1ccc(O)cc1)c1cc(O)cc(O)c1)C(=O)N[C@@H](C(=O)N[C@@H](C)C(=O)N[C@@H](Cc1ccccc1)C(=O)N[C@@H](CC(=O)O)C(=O)O)c1cc(O)cc(O)c1. The minimum Gasteiger partial charge on any atom is -0.508 e. The van der Waals surface area contributed by atoms with E-state index in [1.165, 1.54) is 52.0 Å². The van der Waals surface area contributed by atoms with Crippen molar-refractivity contribution in [2.24, 2.45) is 17.6 Å². The highest BCUT2D eigenvalue weighted by Crippen LogP contribution is 2.35. The maximum Gasteiger partial charge on any atom is 0.326 e. The van der Waals surface area contributed by atoms with E-state index in [0.29, 0.717) is 5.56 Å². The van der Waals surface area contributed by atoms with Crippen LogP contribution >= 0.6 is 0 Å². The van der Waals surface area contributed by atoms with Crippen molar-refractivity contribution >= 4 is 82.8 Å². The number of phenols is 13. The molecule has 0 aliphatic carbocycles. The number of carboxylic acid groups (broad SMARTS) is 2. The van der Waals surface area contributed by atoms with Gasteiger partial charge in [0.1, 0.15) is 153 Å². The lowest BCUT2D eigenvalue weighted by molar-refractivity contribution is -0.147. The fourth-order valence-electron chi connectivity index (χ4n) is 13.7. The molecule has 0 heterocycles. The Balaban J connectivity index is 1.01. The van der Waals surface area contributed by atoms with Crippen molar-refractivity contribution in [2.75, 3.05) is 0 Å². The molecule has 42 nitrogen and oxygen atoms in total. The first-order chi connectivity index (χ1) is 62.3. The van der Waals surface area contributed by atoms with Gasteiger partial charge in [0.2, 0.25) is 70.9 Å². The fraction of sp³-hybridized carbons (Fsp3) is 0.244. The number of aliphatic carboxylic acids is 2. The molecule has 0 unspecified atom stereocenters. The van der Waals surface area contributed by atoms with Gasteiger partial charge in [0.05, 0.1) is 6.42 Å². The first-order valence-electron chi connectivity index (χ1n) is 40.2. The smallest absolute Gasteiger partial charge is 0.326 e. The van der Waals surface area contributed by atoms with Gasteiger partial charge >= 0.3 is 11.9 Å². The molecule has 0 aromatic heterocycles. The summed E-state index contributed by atoms with van der Waals surface area (Å²) in [4.78, 5) is 202. The van der Waals surface area contributed by atoms with E-state index in [-0.39, 0.29) is 40.0 Å². The lowest BCUT2D eigenvalue weighted by Crippen LogP contribution is -2.57. The Kier molecular flexibility index (Phi) is 32.8. The predicted octanol–water partition coefficient (Wildman–Crippen LogP) is 2.42. The predicted molar refractivity (Wildman–Crippen MR) is 461 cm³/mol. The molecule has 0 spiro atoms. The first kappa shape index (κ1) is 98.7. The van der Waals surface area contributed by atoms with Crippen LogP contribution in [0.4, 0.5) is 0 Å². The number of carbonyl (C=O) groups excluding carboxylic acids is 12. The summed E-state index contributed by atoms with van der Waals surface area (Å²) in [5, 5.41) is 187. The van der Waals surface area contributed by atoms with E-state index >= 15 is 24.0 Å². The molecule has 29 N–H and O–H groups in total. The molecule has 694 valence electrons. The van der Waals surface area contributed by atoms with Gasteiger partial charge in [0.15, 0.2) is 0 Å². The summed E-state index contributed by atoms with van der Waals surface area (Å²) in [6, 6.07) is 9.53. The number of nitrogens with one attached hydrogen (secondary N) is 12. The van der Waals surface area contributed by atoms with E-state index in [4.69, 9.17) is 5.73 Å². The molecule has 9 aromatic rings. The number of aromatic hydroxyl groups is 13. The number of carboxylic acids is 2. The summed E-state index contributed by atoms with van der Waals surface area (Å²) < 4.78 is 0. The van der Waals surface area contributed by atoms with Crippen LogP contribution in [0.2, 0.25) is 0 Å². The Morgan fingerprint density at radius 1 is 0.250 bits per heavy atom. The molecule has 0 saturated heterocycles. The van der Waals surface area contributed by atoms with Gasteiger partial charge in [-0.15, -0.1) is 0 Å². The average Bonchev–Trinajstić information content (AvgIpc) is 0.816. The van der Waals surface area contributed by atoms with Gasteiger partial charge in [-0.25, -0.2) is 4.79 Å². The van der Waals surface area contributed by atoms with Gasteiger partial charge in [0, 0.05) is 36.8 Å². The lowest BCUT2D eigenvalue weighted by Gasteiger charge is -2.30. The molecule has 9 aromatic carbocycles. The van der Waals surface area contributed by atoms with Crippen LogP contribution in [0.3, 0.4) is 0 Å². The third kappa shape index (κ3) is 27.0. The highest BCUT2D eigenvalue weighted by atomic mass is 16.4. The number of amides is 12. The molecule has 0 bridgehead atoms. The zero-order valence-electron chi connectivity index (χ0n) is 70.6. The number of phenolic OH excluding ortho intramolecular Hbond substituents is 13. The van der Waals surface area contributed by atoms with Gasteiger partial charge in [-0.05, 0) is 166 Å². The van der Waals surface area contributed by atoms with Crippen LogP contribution in [0.5, 0.6) is 74.7 Å². The Morgan fingerprint density at radius 2 is 0.500 bits per heavy atom. The molecule has 0 saturated carbocycles. The molecule has 0 radical (unpaired) electrons. The molecule has 0 aliphatic rings. The van der Waals surface area contributed by atoms with Gasteiger partial charge in [-0.1, -0.05) is 94.4 Å². The molecule has 12 amide bonds. The Morgan fingerprint density at radius 3 is 0.780 bits per heavy atom. The standard InChI is InChI=1S/C90H95N13O29/c1-40(2)69(81(122)100-73(47-24-55(107)34-56(108)25-47)83(124)92-42(5)78(119)93-65(23-43-9-7-6-8-10-43)79(120)94-66(90(131)132)39-67(117)118)96-87(128)75(49-28-59(111)36-60(112)29-49)102-84(125)71(45-13-19-53(105)20-14-45)99-89(130)77(51-32-63(115)38-64(116)33-51)103-85(126)72(46-15-21-54(106)22-16-46)98-88(129)76(50-30-61(113)37-62(114)31-50)101-82(123)70(41(3)4)95-86(127)74(48-26-57(109)35-58(110)27-48)97-80(121)68(91)44-11-17-52(104)18-12-44/h6-22,24-38,40-42,65-66,68-77,104-116H,23,39,91H2,1-5H3,(H,92,124)(H,93,119)(H,94,120)(H,95,127)(H,96,128)(H,97,121)(H,98,129)(H,99,130)(H,100,122)(H,101,123)(H,102,125)(H,103,126)(H,117,118)(H,131,132)/t42-,65-,66-,68+,69-,70-,71-,72-,73+,74+,75+,76+,77+/m0/s1. The van der Waals surface area contributed by atoms with Crippen LogP contribution in [-0.2, 0) is 73.5 Å². The summed E-state index contributed by atoms with van der Waals surface area (Å²) in [5.41, 5.74) is 4.32. The second-order valence-electron chi connectivity index (χ2n) is 31.2. The van der Waals surface area contributed by atoms with Crippen molar-refractivity contribution in [2.45, 2.75) is 126 Å². The Labute approximate surface area is 749 Å². The summed E-state index contributed by atoms with van der Waals surface area (Å²) in [5.74, 6) is -28.6. The minimum atomic E-state index is -2.29. The normalized spacial score (nSPS) is 14.1. The van der Waals surface area contributed by atoms with Gasteiger partial charge in [-0.3, -0.25) is 62.3 Å². The largest absolute Gasteiger partial charge is 0.508 e. The van der Waals surface area contributed by atoms with Crippen LogP contribution in [0.15, 0.2) is 194 Å². The van der Waals surface area contributed by atoms with Crippen molar-refractivity contribution in [1.82, 2.24) is 63.8 Å². The van der Waals surface area contributed by atoms with Crippen LogP contribution < -0.4 is 69.5 Å². The highest BCUT2D eigenvalue weighted by Gasteiger charge is 2.41. The summed E-state index contributed by atoms with van der Waals surface area (Å²) >= 11 is 0. The van der Waals surface area contributed by atoms with Crippen molar-refractivity contribution in [3.8, 4) is 74.7 Å². The van der Waals surface area contributed by atoms with Crippen molar-refractivity contribution in [3.63, 3.8) is 0 Å². The van der Waals surface area contributed by atoms with Gasteiger partial charge in [0.25, 0.3) is 0 Å². The minimum absolute atomic E-state index is 0.151. The van der Waals surface area contributed by atoms with Crippen molar-refractivity contribution < 1.29 is 144 Å². The molecule has 9 rings (SSSR count). The van der Waals surface area contributed by atoms with E-state index < -0.39 is 265 Å². The quantitative estimate of drug-likeness (QED) is 0.0263. The first-order valence-corrected chi connectivity index (χ1v) is 40.2. The highest BCUT2D eigenvalue weighted by molar-refractivity contribution is 6.02. The van der Waals surface area contributed by atoms with Crippen LogP contribution in [0, 0.1) is 11.8 Å². The van der Waals surface area contributed by atoms with E-state index in [1.54, 1.807) is 30.3 Å². The van der Waals surface area contributed by atoms with E-state index in [0.717, 1.165) is 146 Å². The van der Waals surface area contributed by atoms with E-state index in [1.807, 2.05) is 0 Å². The maximum absolute atomic E-state index is 15.6. The number of nitrogens with two attached hydrogens (primary N) is 1. The molecule has 13 atom stereocenters. The summed E-state index contributed by atoms with van der Waals surface area (Å²) in [7, 11) is 0. The molecular weight excluding hydrogens is 1730 g/mol. The van der Waals surface area contributed by atoms with Crippen molar-refractivity contribution in [1.29, 1.82) is 0 Å². The maximum atomic E-state index is 15.6. The third-order valence-electron chi connectivity index (χ3n) is 20.3. The summed E-state index contributed by atoms with van der Waals surface area (Å²) in [6.07, 6.45) is -1.38. The average molecular weight is 1820 g/mol. The van der Waals surface area contributed by atoms with E-state index in [9.17, 15) is 120 Å². The second kappa shape index (κ2) is 43.9. The zero-order valence-corrected chi connectivity index (χ0v) is 70.6. The molecule has 0 aliphatic heterocycles. The number of carbonyl (C=O) groups is 14. The Hall–Kier alpha value is -17.1. The van der Waals surface area contributed by atoms with Crippen LogP contribution in [0.25, 0.3) is 0 Å². The Bertz CT molecular complexity index is 5710. The molecular formula is C90H95N13O29. The van der Waals surface area contributed by atoms with Gasteiger partial charge in [-0.2, -0.15) is 0 Å². The van der Waals surface area contributed by atoms with E-state index in [2.05, 4.69) is 63.8 Å². The fourth-order valence-corrected chi connectivity index (χ4v) is 13.7. The third-order valence-corrected chi connectivity index (χ3v) is 20.3. The number of hydrogen-bond donors (Lipinski definition) is 28. The van der Waals surface area contributed by atoms with Crippen LogP contribution in [-0.4, -0.2) is 190 Å². The topological polar surface area (TPSA) is 713 Å². The molecule has 42 heteroatoms. The van der Waals surface area contributed by atoms with Crippen molar-refractivity contribution in [3.05, 3.63) is 244 Å².